The van der Waals surface area contributed by atoms with Crippen molar-refractivity contribution in [1.29, 1.82) is 0 Å². The van der Waals surface area contributed by atoms with E-state index in [0.717, 1.165) is 0 Å². The molecule has 0 saturated heterocycles. The first-order valence-corrected chi connectivity index (χ1v) is 5.02. The number of carbonyl (C=O) groups is 1. The molecule has 1 aromatic rings. The van der Waals surface area contributed by atoms with E-state index < -0.39 is 0 Å². The highest BCUT2D eigenvalue weighted by atomic mass is 79.9. The standard InChI is InChI=1S/C9H12BrN3O/c1-13(6-4-11)9(14)8-7(10)3-2-5-12-8/h2-3,5H,4,6,11H2,1H3. The number of halogens is 1. The SMILES string of the molecule is CN(CCN)C(=O)c1ncccc1Br. The summed E-state index contributed by atoms with van der Waals surface area (Å²) in [7, 11) is 1.70. The minimum absolute atomic E-state index is 0.122. The summed E-state index contributed by atoms with van der Waals surface area (Å²) in [6.45, 7) is 0.981. The van der Waals surface area contributed by atoms with Crippen LogP contribution in [0.15, 0.2) is 22.8 Å². The number of hydrogen-bond donors (Lipinski definition) is 1. The Morgan fingerprint density at radius 2 is 2.43 bits per heavy atom. The van der Waals surface area contributed by atoms with E-state index in [1.165, 1.54) is 0 Å². The second-order valence-corrected chi connectivity index (χ2v) is 3.70. The van der Waals surface area contributed by atoms with Gasteiger partial charge in [-0.2, -0.15) is 0 Å². The molecule has 0 aliphatic carbocycles. The van der Waals surface area contributed by atoms with Crippen molar-refractivity contribution in [2.24, 2.45) is 5.73 Å². The quantitative estimate of drug-likeness (QED) is 0.875. The highest BCUT2D eigenvalue weighted by Crippen LogP contribution is 2.14. The summed E-state index contributed by atoms with van der Waals surface area (Å²) in [5.41, 5.74) is 5.78. The monoisotopic (exact) mass is 257 g/mol. The van der Waals surface area contributed by atoms with Crippen LogP contribution < -0.4 is 5.73 Å². The van der Waals surface area contributed by atoms with Crippen LogP contribution in [0.2, 0.25) is 0 Å². The van der Waals surface area contributed by atoms with Crippen molar-refractivity contribution < 1.29 is 4.79 Å². The number of nitrogens with two attached hydrogens (primary N) is 1. The molecule has 1 heterocycles. The van der Waals surface area contributed by atoms with Crippen LogP contribution in [0.4, 0.5) is 0 Å². The third kappa shape index (κ3) is 2.52. The maximum Gasteiger partial charge on any atom is 0.273 e. The summed E-state index contributed by atoms with van der Waals surface area (Å²) in [5, 5.41) is 0. The number of aromatic nitrogens is 1. The first kappa shape index (κ1) is 11.1. The van der Waals surface area contributed by atoms with Crippen molar-refractivity contribution in [3.8, 4) is 0 Å². The predicted molar refractivity (Wildman–Crippen MR) is 58.0 cm³/mol. The summed E-state index contributed by atoms with van der Waals surface area (Å²) in [5.74, 6) is -0.122. The van der Waals surface area contributed by atoms with E-state index >= 15 is 0 Å². The average Bonchev–Trinajstić information content (AvgIpc) is 2.18. The second kappa shape index (κ2) is 5.07. The van der Waals surface area contributed by atoms with Crippen LogP contribution in [-0.4, -0.2) is 35.9 Å². The number of pyridine rings is 1. The minimum atomic E-state index is -0.122. The van der Waals surface area contributed by atoms with Crippen LogP contribution in [-0.2, 0) is 0 Å². The molecule has 1 rings (SSSR count). The first-order valence-electron chi connectivity index (χ1n) is 4.23. The van der Waals surface area contributed by atoms with Gasteiger partial charge in [-0.3, -0.25) is 4.79 Å². The summed E-state index contributed by atoms with van der Waals surface area (Å²) < 4.78 is 0.703. The fourth-order valence-electron chi connectivity index (χ4n) is 1.02. The molecule has 0 spiro atoms. The van der Waals surface area contributed by atoms with E-state index in [4.69, 9.17) is 5.73 Å². The lowest BCUT2D eigenvalue weighted by atomic mass is 10.3. The Bertz CT molecular complexity index is 330. The fraction of sp³-hybridized carbons (Fsp3) is 0.333. The highest BCUT2D eigenvalue weighted by molar-refractivity contribution is 9.10. The summed E-state index contributed by atoms with van der Waals surface area (Å²) in [4.78, 5) is 17.3. The van der Waals surface area contributed by atoms with Gasteiger partial charge in [0, 0.05) is 30.8 Å². The number of amides is 1. The zero-order chi connectivity index (χ0) is 10.6. The molecule has 0 bridgehead atoms. The molecule has 4 nitrogen and oxygen atoms in total. The summed E-state index contributed by atoms with van der Waals surface area (Å²) in [6.07, 6.45) is 1.59. The van der Waals surface area contributed by atoms with Gasteiger partial charge < -0.3 is 10.6 Å². The van der Waals surface area contributed by atoms with Gasteiger partial charge in [0.25, 0.3) is 5.91 Å². The third-order valence-electron chi connectivity index (χ3n) is 1.77. The van der Waals surface area contributed by atoms with Crippen molar-refractivity contribution >= 4 is 21.8 Å². The smallest absolute Gasteiger partial charge is 0.273 e. The Balaban J connectivity index is 2.84. The first-order chi connectivity index (χ1) is 6.66. The number of carbonyl (C=O) groups excluding carboxylic acids is 1. The van der Waals surface area contributed by atoms with Gasteiger partial charge in [-0.05, 0) is 28.1 Å². The predicted octanol–water partition coefficient (Wildman–Crippen LogP) is 0.875. The Hall–Kier alpha value is -0.940. The average molecular weight is 258 g/mol. The molecule has 1 amide bonds. The van der Waals surface area contributed by atoms with Gasteiger partial charge in [-0.1, -0.05) is 0 Å². The van der Waals surface area contributed by atoms with Crippen molar-refractivity contribution in [2.45, 2.75) is 0 Å². The van der Waals surface area contributed by atoms with Crippen molar-refractivity contribution in [3.63, 3.8) is 0 Å². The minimum Gasteiger partial charge on any atom is -0.339 e. The Morgan fingerprint density at radius 1 is 1.71 bits per heavy atom. The third-order valence-corrected chi connectivity index (χ3v) is 2.41. The van der Waals surface area contributed by atoms with Gasteiger partial charge in [-0.15, -0.1) is 0 Å². The molecule has 0 radical (unpaired) electrons. The molecule has 0 saturated carbocycles. The molecule has 0 aromatic carbocycles. The maximum atomic E-state index is 11.7. The van der Waals surface area contributed by atoms with Crippen LogP contribution in [0, 0.1) is 0 Å². The van der Waals surface area contributed by atoms with Crippen molar-refractivity contribution in [3.05, 3.63) is 28.5 Å². The summed E-state index contributed by atoms with van der Waals surface area (Å²) >= 11 is 3.28. The van der Waals surface area contributed by atoms with Crippen LogP contribution in [0.5, 0.6) is 0 Å². The topological polar surface area (TPSA) is 59.2 Å². The molecule has 1 aromatic heterocycles. The van der Waals surface area contributed by atoms with Crippen LogP contribution in [0.3, 0.4) is 0 Å². The lowest BCUT2D eigenvalue weighted by Crippen LogP contribution is -2.32. The Kier molecular flexibility index (Phi) is 4.03. The van der Waals surface area contributed by atoms with Crippen molar-refractivity contribution in [2.75, 3.05) is 20.1 Å². The number of likely N-dealkylation sites (N-methyl/N-ethyl adjacent to an activating group) is 1. The Morgan fingerprint density at radius 3 is 3.00 bits per heavy atom. The molecule has 5 heteroatoms. The largest absolute Gasteiger partial charge is 0.339 e. The molecule has 0 aliphatic rings. The molecule has 0 unspecified atom stereocenters. The van der Waals surface area contributed by atoms with Gasteiger partial charge in [0.05, 0.1) is 0 Å². The zero-order valence-corrected chi connectivity index (χ0v) is 9.49. The van der Waals surface area contributed by atoms with E-state index in [1.807, 2.05) is 0 Å². The number of nitrogens with zero attached hydrogens (tertiary/aromatic N) is 2. The van der Waals surface area contributed by atoms with E-state index in [2.05, 4.69) is 20.9 Å². The molecular formula is C9H12BrN3O. The number of hydrogen-bond acceptors (Lipinski definition) is 3. The molecule has 76 valence electrons. The van der Waals surface area contributed by atoms with Gasteiger partial charge in [0.2, 0.25) is 0 Å². The van der Waals surface area contributed by atoms with Gasteiger partial charge in [-0.25, -0.2) is 4.98 Å². The highest BCUT2D eigenvalue weighted by Gasteiger charge is 2.14. The molecule has 2 N–H and O–H groups in total. The lowest BCUT2D eigenvalue weighted by Gasteiger charge is -2.15. The molecular weight excluding hydrogens is 246 g/mol. The Labute approximate surface area is 91.2 Å². The zero-order valence-electron chi connectivity index (χ0n) is 7.90. The lowest BCUT2D eigenvalue weighted by molar-refractivity contribution is 0.0792. The maximum absolute atomic E-state index is 11.7. The molecule has 0 aliphatic heterocycles. The van der Waals surface area contributed by atoms with Gasteiger partial charge in [0.15, 0.2) is 0 Å². The van der Waals surface area contributed by atoms with Gasteiger partial charge in [0.1, 0.15) is 5.69 Å². The van der Waals surface area contributed by atoms with Crippen LogP contribution >= 0.6 is 15.9 Å². The van der Waals surface area contributed by atoms with E-state index in [1.54, 1.807) is 30.3 Å². The second-order valence-electron chi connectivity index (χ2n) is 2.85. The normalized spacial score (nSPS) is 9.93. The number of rotatable bonds is 3. The van der Waals surface area contributed by atoms with E-state index in [-0.39, 0.29) is 5.91 Å². The molecule has 14 heavy (non-hydrogen) atoms. The fourth-order valence-corrected chi connectivity index (χ4v) is 1.44. The molecule has 0 fully saturated rings. The van der Waals surface area contributed by atoms with Crippen LogP contribution in [0.25, 0.3) is 0 Å². The molecule has 0 atom stereocenters. The van der Waals surface area contributed by atoms with Crippen molar-refractivity contribution in [1.82, 2.24) is 9.88 Å². The van der Waals surface area contributed by atoms with E-state index in [0.29, 0.717) is 23.3 Å². The van der Waals surface area contributed by atoms with Gasteiger partial charge >= 0.3 is 0 Å². The summed E-state index contributed by atoms with van der Waals surface area (Å²) in [6, 6.07) is 3.56. The van der Waals surface area contributed by atoms with Crippen LogP contribution in [0.1, 0.15) is 10.5 Å². The van der Waals surface area contributed by atoms with E-state index in [9.17, 15) is 4.79 Å².